The van der Waals surface area contributed by atoms with Gasteiger partial charge in [-0.3, -0.25) is 14.5 Å². The van der Waals surface area contributed by atoms with Crippen molar-refractivity contribution in [2.24, 2.45) is 7.05 Å². The first-order valence-corrected chi connectivity index (χ1v) is 13.3. The minimum atomic E-state index is -0.109. The number of carbonyl (C=O) groups excluding carboxylic acids is 1. The second kappa shape index (κ2) is 9.44. The van der Waals surface area contributed by atoms with Crippen molar-refractivity contribution in [2.45, 2.75) is 33.4 Å². The van der Waals surface area contributed by atoms with Crippen LogP contribution in [0.15, 0.2) is 60.4 Å². The standard InChI is InChI=1S/C29H28N6OS/c1-18-10-21(29(36)32-14-23-17-37-27-7-5-4-6-24(23)27)13-31-28(18)35-9-8-26-22(15-35)11-20(12-30-26)25-16-34(3)33-19(25)2/h4-7,10-13,16-17H,8-9,14-15H2,1-3H3,(H,32,36). The molecule has 0 saturated heterocycles. The normalized spacial score (nSPS) is 13.1. The molecule has 5 aromatic rings. The van der Waals surface area contributed by atoms with Gasteiger partial charge in [0.15, 0.2) is 0 Å². The molecule has 1 amide bonds. The molecule has 0 radical (unpaired) electrons. The third-order valence-electron chi connectivity index (χ3n) is 6.98. The predicted octanol–water partition coefficient (Wildman–Crippen LogP) is 5.20. The highest BCUT2D eigenvalue weighted by Crippen LogP contribution is 2.29. The van der Waals surface area contributed by atoms with Crippen LogP contribution >= 0.6 is 11.3 Å². The van der Waals surface area contributed by atoms with Crippen molar-refractivity contribution in [1.29, 1.82) is 0 Å². The van der Waals surface area contributed by atoms with Gasteiger partial charge < -0.3 is 10.2 Å². The van der Waals surface area contributed by atoms with E-state index in [2.05, 4.69) is 38.9 Å². The summed E-state index contributed by atoms with van der Waals surface area (Å²) in [5.41, 5.74) is 8.23. The number of hydrogen-bond acceptors (Lipinski definition) is 6. The Labute approximate surface area is 219 Å². The molecule has 0 atom stereocenters. The lowest BCUT2D eigenvalue weighted by atomic mass is 10.0. The van der Waals surface area contributed by atoms with Crippen LogP contribution in [0.25, 0.3) is 21.2 Å². The number of fused-ring (bicyclic) bond motifs is 2. The minimum Gasteiger partial charge on any atom is -0.352 e. The van der Waals surface area contributed by atoms with Crippen molar-refractivity contribution >= 4 is 33.1 Å². The Bertz CT molecular complexity index is 1630. The van der Waals surface area contributed by atoms with Crippen LogP contribution in [0.5, 0.6) is 0 Å². The fraction of sp³-hybridized carbons (Fsp3) is 0.241. The van der Waals surface area contributed by atoms with Crippen LogP contribution in [0.3, 0.4) is 0 Å². The molecule has 7 nitrogen and oxygen atoms in total. The Morgan fingerprint density at radius 3 is 2.81 bits per heavy atom. The molecule has 1 aromatic carbocycles. The molecular formula is C29H28N6OS. The smallest absolute Gasteiger partial charge is 0.253 e. The summed E-state index contributed by atoms with van der Waals surface area (Å²) in [6.07, 6.45) is 6.54. The molecule has 6 rings (SSSR count). The SMILES string of the molecule is Cc1cc(C(=O)NCc2csc3ccccc23)cnc1N1CCc2ncc(-c3cn(C)nc3C)cc2C1. The Hall–Kier alpha value is -4.04. The maximum Gasteiger partial charge on any atom is 0.253 e. The van der Waals surface area contributed by atoms with Crippen LogP contribution in [0, 0.1) is 13.8 Å². The first-order valence-electron chi connectivity index (χ1n) is 12.4. The fourth-order valence-electron chi connectivity index (χ4n) is 5.11. The van der Waals surface area contributed by atoms with Crippen LogP contribution < -0.4 is 10.2 Å². The Morgan fingerprint density at radius 1 is 1.14 bits per heavy atom. The number of aryl methyl sites for hydroxylation is 3. The van der Waals surface area contributed by atoms with Crippen LogP contribution in [0.4, 0.5) is 5.82 Å². The van der Waals surface area contributed by atoms with E-state index in [-0.39, 0.29) is 5.91 Å². The first kappa shape index (κ1) is 23.4. The quantitative estimate of drug-likeness (QED) is 0.353. The monoisotopic (exact) mass is 508 g/mol. The van der Waals surface area contributed by atoms with Gasteiger partial charge in [-0.15, -0.1) is 11.3 Å². The van der Waals surface area contributed by atoms with Crippen molar-refractivity contribution in [3.63, 3.8) is 0 Å². The third kappa shape index (κ3) is 4.49. The number of pyridine rings is 2. The fourth-order valence-corrected chi connectivity index (χ4v) is 6.07. The zero-order chi connectivity index (χ0) is 25.5. The lowest BCUT2D eigenvalue weighted by Crippen LogP contribution is -2.32. The minimum absolute atomic E-state index is 0.109. The highest BCUT2D eigenvalue weighted by atomic mass is 32.1. The number of carbonyl (C=O) groups is 1. The van der Waals surface area contributed by atoms with Gasteiger partial charge in [-0.25, -0.2) is 4.98 Å². The van der Waals surface area contributed by atoms with Gasteiger partial charge in [0, 0.05) is 73.2 Å². The van der Waals surface area contributed by atoms with Crippen molar-refractivity contribution < 1.29 is 4.79 Å². The van der Waals surface area contributed by atoms with Gasteiger partial charge in [-0.2, -0.15) is 5.10 Å². The van der Waals surface area contributed by atoms with Gasteiger partial charge in [-0.05, 0) is 59.5 Å². The summed E-state index contributed by atoms with van der Waals surface area (Å²) in [6, 6.07) is 12.4. The number of thiophene rings is 1. The highest BCUT2D eigenvalue weighted by molar-refractivity contribution is 7.17. The topological polar surface area (TPSA) is 75.9 Å². The van der Waals surface area contributed by atoms with Crippen LogP contribution in [0.2, 0.25) is 0 Å². The van der Waals surface area contributed by atoms with Gasteiger partial charge in [0.2, 0.25) is 0 Å². The van der Waals surface area contributed by atoms with Crippen molar-refractivity contribution in [3.05, 3.63) is 94.0 Å². The highest BCUT2D eigenvalue weighted by Gasteiger charge is 2.22. The summed E-state index contributed by atoms with van der Waals surface area (Å²) < 4.78 is 3.07. The van der Waals surface area contributed by atoms with E-state index in [1.54, 1.807) is 17.5 Å². The number of rotatable bonds is 5. The van der Waals surface area contributed by atoms with E-state index in [1.165, 1.54) is 15.6 Å². The number of benzene rings is 1. The molecule has 37 heavy (non-hydrogen) atoms. The van der Waals surface area contributed by atoms with Gasteiger partial charge >= 0.3 is 0 Å². The molecule has 0 spiro atoms. The Balaban J connectivity index is 1.17. The van der Waals surface area contributed by atoms with Gasteiger partial charge in [-0.1, -0.05) is 18.2 Å². The van der Waals surface area contributed by atoms with E-state index in [1.807, 2.05) is 56.2 Å². The third-order valence-corrected chi connectivity index (χ3v) is 7.99. The average molecular weight is 509 g/mol. The summed E-state index contributed by atoms with van der Waals surface area (Å²) in [5.74, 6) is 0.802. The molecule has 1 aliphatic rings. The number of anilines is 1. The second-order valence-electron chi connectivity index (χ2n) is 9.61. The maximum atomic E-state index is 12.9. The molecule has 0 fully saturated rings. The van der Waals surface area contributed by atoms with E-state index < -0.39 is 0 Å². The van der Waals surface area contributed by atoms with Gasteiger partial charge in [0.25, 0.3) is 5.91 Å². The molecule has 1 N–H and O–H groups in total. The summed E-state index contributed by atoms with van der Waals surface area (Å²) in [7, 11) is 1.94. The molecule has 0 bridgehead atoms. The number of aromatic nitrogens is 4. The molecule has 0 aliphatic carbocycles. The Kier molecular flexibility index (Phi) is 5.96. The van der Waals surface area contributed by atoms with E-state index in [9.17, 15) is 4.79 Å². The number of amides is 1. The second-order valence-corrected chi connectivity index (χ2v) is 10.5. The summed E-state index contributed by atoms with van der Waals surface area (Å²) in [6.45, 7) is 6.12. The number of hydrogen-bond donors (Lipinski definition) is 1. The number of nitrogens with one attached hydrogen (secondary N) is 1. The molecule has 186 valence electrons. The molecule has 0 saturated carbocycles. The molecule has 4 aromatic heterocycles. The molecule has 8 heteroatoms. The summed E-state index contributed by atoms with van der Waals surface area (Å²) in [4.78, 5) is 24.7. The van der Waals surface area contributed by atoms with Gasteiger partial charge in [0.1, 0.15) is 5.82 Å². The van der Waals surface area contributed by atoms with Crippen LogP contribution in [-0.2, 0) is 26.6 Å². The van der Waals surface area contributed by atoms with E-state index in [0.29, 0.717) is 12.1 Å². The van der Waals surface area contributed by atoms with Crippen LogP contribution in [0.1, 0.15) is 38.4 Å². The Morgan fingerprint density at radius 2 is 2.00 bits per heavy atom. The molecular weight excluding hydrogens is 480 g/mol. The van der Waals surface area contributed by atoms with Crippen molar-refractivity contribution in [3.8, 4) is 11.1 Å². The first-order chi connectivity index (χ1) is 18.0. The van der Waals surface area contributed by atoms with Crippen LogP contribution in [-0.4, -0.2) is 32.2 Å². The molecule has 0 unspecified atom stereocenters. The van der Waals surface area contributed by atoms with E-state index >= 15 is 0 Å². The van der Waals surface area contributed by atoms with E-state index in [4.69, 9.17) is 9.97 Å². The zero-order valence-electron chi connectivity index (χ0n) is 21.2. The summed E-state index contributed by atoms with van der Waals surface area (Å²) >= 11 is 1.70. The molecule has 1 aliphatic heterocycles. The lowest BCUT2D eigenvalue weighted by Gasteiger charge is -2.30. The van der Waals surface area contributed by atoms with Crippen molar-refractivity contribution in [2.75, 3.05) is 11.4 Å². The summed E-state index contributed by atoms with van der Waals surface area (Å²) in [5, 5.41) is 10.8. The largest absolute Gasteiger partial charge is 0.352 e. The van der Waals surface area contributed by atoms with Crippen molar-refractivity contribution in [1.82, 2.24) is 25.1 Å². The molecule has 5 heterocycles. The lowest BCUT2D eigenvalue weighted by molar-refractivity contribution is 0.0950. The average Bonchev–Trinajstić information content (AvgIpc) is 3.48. The predicted molar refractivity (Wildman–Crippen MR) is 148 cm³/mol. The van der Waals surface area contributed by atoms with E-state index in [0.717, 1.165) is 59.0 Å². The van der Waals surface area contributed by atoms with Gasteiger partial charge in [0.05, 0.1) is 11.3 Å². The maximum absolute atomic E-state index is 12.9. The zero-order valence-corrected chi connectivity index (χ0v) is 22.0. The number of nitrogens with zero attached hydrogens (tertiary/aromatic N) is 5.